The third kappa shape index (κ3) is 3.21. The number of hydrogen-bond donors (Lipinski definition) is 3. The lowest BCUT2D eigenvalue weighted by Gasteiger charge is -2.10. The lowest BCUT2D eigenvalue weighted by Crippen LogP contribution is -2.03. The Hall–Kier alpha value is -3.21. The topological polar surface area (TPSA) is 90.9 Å². The van der Waals surface area contributed by atoms with Crippen LogP contribution in [-0.4, -0.2) is 15.3 Å². The Morgan fingerprint density at radius 1 is 1.08 bits per heavy atom. The summed E-state index contributed by atoms with van der Waals surface area (Å²) in [6, 6.07) is 8.74. The van der Waals surface area contributed by atoms with Crippen molar-refractivity contribution in [3.05, 3.63) is 63.8 Å². The fourth-order valence-corrected chi connectivity index (χ4v) is 2.66. The van der Waals surface area contributed by atoms with Gasteiger partial charge in [-0.05, 0) is 32.4 Å². The van der Waals surface area contributed by atoms with Crippen LogP contribution in [0.2, 0.25) is 0 Å². The largest absolute Gasteiger partial charge is 0.508 e. The Balaban J connectivity index is 2.32. The van der Waals surface area contributed by atoms with Crippen LogP contribution in [0, 0.1) is 0 Å². The van der Waals surface area contributed by atoms with Gasteiger partial charge in [0.05, 0.1) is 0 Å². The molecule has 3 aromatic rings. The van der Waals surface area contributed by atoms with Gasteiger partial charge in [0, 0.05) is 23.3 Å². The third-order valence-corrected chi connectivity index (χ3v) is 3.91. The fraction of sp³-hybridized carbons (Fsp3) is 0.150. The summed E-state index contributed by atoms with van der Waals surface area (Å²) >= 11 is 0. The molecule has 0 atom stereocenters. The minimum atomic E-state index is -0.421. The van der Waals surface area contributed by atoms with Gasteiger partial charge < -0.3 is 19.7 Å². The van der Waals surface area contributed by atoms with Crippen molar-refractivity contribution in [2.24, 2.45) is 0 Å². The van der Waals surface area contributed by atoms with Crippen molar-refractivity contribution in [2.75, 3.05) is 0 Å². The second kappa shape index (κ2) is 6.36. The van der Waals surface area contributed by atoms with E-state index in [-0.39, 0.29) is 34.0 Å². The molecule has 0 unspecified atom stereocenters. The standard InChI is InChI=1S/C20H18O5/c1-11(2)6-7-14-15(22)9-16(23)19-17(24)10-18(25-20(14)19)12-4-3-5-13(21)8-12/h3-6,8-10,21-23H,7H2,1-2H3. The van der Waals surface area contributed by atoms with Crippen LogP contribution in [0.1, 0.15) is 19.4 Å². The van der Waals surface area contributed by atoms with Gasteiger partial charge in [0.25, 0.3) is 0 Å². The molecule has 128 valence electrons. The number of benzene rings is 2. The van der Waals surface area contributed by atoms with Gasteiger partial charge in [0.2, 0.25) is 0 Å². The van der Waals surface area contributed by atoms with E-state index in [1.165, 1.54) is 18.2 Å². The molecule has 0 saturated heterocycles. The van der Waals surface area contributed by atoms with E-state index in [0.29, 0.717) is 17.5 Å². The maximum absolute atomic E-state index is 12.5. The minimum absolute atomic E-state index is 0.0267. The van der Waals surface area contributed by atoms with E-state index in [9.17, 15) is 20.1 Å². The number of fused-ring (bicyclic) bond motifs is 1. The molecule has 5 nitrogen and oxygen atoms in total. The highest BCUT2D eigenvalue weighted by atomic mass is 16.3. The van der Waals surface area contributed by atoms with E-state index in [0.717, 1.165) is 11.6 Å². The Labute approximate surface area is 144 Å². The van der Waals surface area contributed by atoms with Gasteiger partial charge in [0.1, 0.15) is 34.0 Å². The number of rotatable bonds is 3. The Morgan fingerprint density at radius 3 is 2.52 bits per heavy atom. The lowest BCUT2D eigenvalue weighted by molar-refractivity contribution is 0.448. The van der Waals surface area contributed by atoms with Crippen molar-refractivity contribution in [2.45, 2.75) is 20.3 Å². The van der Waals surface area contributed by atoms with Gasteiger partial charge in [-0.2, -0.15) is 0 Å². The van der Waals surface area contributed by atoms with Gasteiger partial charge in [-0.25, -0.2) is 0 Å². The molecule has 0 spiro atoms. The quantitative estimate of drug-likeness (QED) is 0.626. The first kappa shape index (κ1) is 16.6. The van der Waals surface area contributed by atoms with Gasteiger partial charge in [-0.15, -0.1) is 0 Å². The summed E-state index contributed by atoms with van der Waals surface area (Å²) in [5.41, 5.74) is 1.71. The van der Waals surface area contributed by atoms with Crippen molar-refractivity contribution in [3.63, 3.8) is 0 Å². The Bertz CT molecular complexity index is 1040. The molecule has 0 aliphatic rings. The Morgan fingerprint density at radius 2 is 1.84 bits per heavy atom. The molecule has 2 aromatic carbocycles. The smallest absolute Gasteiger partial charge is 0.197 e. The molecule has 3 rings (SSSR count). The molecule has 1 aromatic heterocycles. The molecule has 0 bridgehead atoms. The second-order valence-electron chi connectivity index (χ2n) is 6.11. The summed E-state index contributed by atoms with van der Waals surface area (Å²) in [5.74, 6) is -0.177. The van der Waals surface area contributed by atoms with Gasteiger partial charge in [-0.1, -0.05) is 23.8 Å². The van der Waals surface area contributed by atoms with E-state index < -0.39 is 5.43 Å². The highest BCUT2D eigenvalue weighted by molar-refractivity contribution is 5.89. The molecule has 0 amide bonds. The summed E-state index contributed by atoms with van der Waals surface area (Å²) in [6.07, 6.45) is 2.25. The van der Waals surface area contributed by atoms with E-state index in [1.807, 2.05) is 19.9 Å². The van der Waals surface area contributed by atoms with Gasteiger partial charge in [-0.3, -0.25) is 4.79 Å². The summed E-state index contributed by atoms with van der Waals surface area (Å²) < 4.78 is 5.85. The molecule has 25 heavy (non-hydrogen) atoms. The van der Waals surface area contributed by atoms with Crippen molar-refractivity contribution in [3.8, 4) is 28.6 Å². The Kier molecular flexibility index (Phi) is 4.23. The molecule has 0 aliphatic heterocycles. The second-order valence-corrected chi connectivity index (χ2v) is 6.11. The molecule has 0 radical (unpaired) electrons. The van der Waals surface area contributed by atoms with Crippen LogP contribution in [0.25, 0.3) is 22.3 Å². The first-order valence-corrected chi connectivity index (χ1v) is 7.81. The highest BCUT2D eigenvalue weighted by Gasteiger charge is 2.17. The highest BCUT2D eigenvalue weighted by Crippen LogP contribution is 2.35. The lowest BCUT2D eigenvalue weighted by atomic mass is 10.0. The van der Waals surface area contributed by atoms with Crippen molar-refractivity contribution < 1.29 is 19.7 Å². The van der Waals surface area contributed by atoms with Crippen LogP contribution in [0.4, 0.5) is 0 Å². The minimum Gasteiger partial charge on any atom is -0.508 e. The third-order valence-electron chi connectivity index (χ3n) is 3.91. The number of phenols is 3. The number of phenolic OH excluding ortho intramolecular Hbond substituents is 3. The van der Waals surface area contributed by atoms with E-state index >= 15 is 0 Å². The predicted octanol–water partition coefficient (Wildman–Crippen LogP) is 4.09. The molecule has 3 N–H and O–H groups in total. The normalized spacial score (nSPS) is 10.8. The molecular formula is C20H18O5. The summed E-state index contributed by atoms with van der Waals surface area (Å²) in [5, 5.41) is 29.9. The van der Waals surface area contributed by atoms with Gasteiger partial charge in [0.15, 0.2) is 5.43 Å². The summed E-state index contributed by atoms with van der Waals surface area (Å²) in [4.78, 5) is 12.5. The van der Waals surface area contributed by atoms with E-state index in [1.54, 1.807) is 12.1 Å². The molecule has 0 aliphatic carbocycles. The SMILES string of the molecule is CC(C)=CCc1c(O)cc(O)c2c(=O)cc(-c3cccc(O)c3)oc12. The zero-order valence-corrected chi connectivity index (χ0v) is 13.9. The maximum atomic E-state index is 12.5. The van der Waals surface area contributed by atoms with E-state index in [4.69, 9.17) is 4.42 Å². The van der Waals surface area contributed by atoms with Crippen LogP contribution in [-0.2, 0) is 6.42 Å². The molecule has 0 saturated carbocycles. The monoisotopic (exact) mass is 338 g/mol. The molecule has 1 heterocycles. The fourth-order valence-electron chi connectivity index (χ4n) is 2.66. The molecular weight excluding hydrogens is 320 g/mol. The number of allylic oxidation sites excluding steroid dienone is 2. The zero-order valence-electron chi connectivity index (χ0n) is 13.9. The first-order chi connectivity index (χ1) is 11.9. The number of aromatic hydroxyl groups is 3. The maximum Gasteiger partial charge on any atom is 0.197 e. The van der Waals surface area contributed by atoms with Crippen LogP contribution in [0.3, 0.4) is 0 Å². The predicted molar refractivity (Wildman–Crippen MR) is 96.0 cm³/mol. The van der Waals surface area contributed by atoms with Crippen molar-refractivity contribution in [1.29, 1.82) is 0 Å². The van der Waals surface area contributed by atoms with Crippen LogP contribution >= 0.6 is 0 Å². The molecule has 0 fully saturated rings. The summed E-state index contributed by atoms with van der Waals surface area (Å²) in [6.45, 7) is 3.85. The van der Waals surface area contributed by atoms with Crippen LogP contribution in [0.15, 0.2) is 57.3 Å². The van der Waals surface area contributed by atoms with Gasteiger partial charge >= 0.3 is 0 Å². The average Bonchev–Trinajstić information content (AvgIpc) is 2.53. The van der Waals surface area contributed by atoms with Crippen molar-refractivity contribution in [1.82, 2.24) is 0 Å². The first-order valence-electron chi connectivity index (χ1n) is 7.81. The van der Waals surface area contributed by atoms with E-state index in [2.05, 4.69) is 0 Å². The summed E-state index contributed by atoms with van der Waals surface area (Å²) in [7, 11) is 0. The average molecular weight is 338 g/mol. The van der Waals surface area contributed by atoms with Crippen LogP contribution in [0.5, 0.6) is 17.2 Å². The number of hydrogen-bond acceptors (Lipinski definition) is 5. The van der Waals surface area contributed by atoms with Crippen LogP contribution < -0.4 is 5.43 Å². The van der Waals surface area contributed by atoms with Crippen molar-refractivity contribution >= 4 is 11.0 Å². The zero-order chi connectivity index (χ0) is 18.1. The molecule has 5 heteroatoms.